The van der Waals surface area contributed by atoms with Crippen molar-refractivity contribution in [2.75, 3.05) is 6.61 Å². The monoisotopic (exact) mass is 454 g/mol. The molecule has 0 spiro atoms. The molecule has 0 bridgehead atoms. The van der Waals surface area contributed by atoms with Crippen LogP contribution in [0.25, 0.3) is 0 Å². The predicted molar refractivity (Wildman–Crippen MR) is 129 cm³/mol. The Kier molecular flexibility index (Phi) is 11.6. The molecule has 0 rings (SSSR count). The molecule has 0 radical (unpaired) electrons. The van der Waals surface area contributed by atoms with Crippen LogP contribution in [0.4, 0.5) is 0 Å². The van der Waals surface area contributed by atoms with Gasteiger partial charge in [-0.3, -0.25) is 0 Å². The maximum atomic E-state index is 6.95. The van der Waals surface area contributed by atoms with Gasteiger partial charge in [-0.05, 0) is 63.8 Å². The van der Waals surface area contributed by atoms with Crippen LogP contribution in [-0.2, 0) is 17.7 Å². The molecule has 26 heavy (non-hydrogen) atoms. The molecule has 0 aliphatic carbocycles. The van der Waals surface area contributed by atoms with Crippen LogP contribution < -0.4 is 0 Å². The lowest BCUT2D eigenvalue weighted by atomic mass is 9.78. The Morgan fingerprint density at radius 3 is 1.42 bits per heavy atom. The lowest BCUT2D eigenvalue weighted by Crippen LogP contribution is -2.69. The summed E-state index contributed by atoms with van der Waals surface area (Å²) in [5, 5.41) is 0.0226. The fourth-order valence-corrected chi connectivity index (χ4v) is 8.91. The van der Waals surface area contributed by atoms with Crippen LogP contribution >= 0.6 is 0 Å². The zero-order valence-corrected chi connectivity index (χ0v) is 26.2. The van der Waals surface area contributed by atoms with Gasteiger partial charge in [-0.1, -0.05) is 27.2 Å². The summed E-state index contributed by atoms with van der Waals surface area (Å²) in [6.07, 6.45) is 2.01. The van der Waals surface area contributed by atoms with Gasteiger partial charge in [0.05, 0.1) is 6.61 Å². The van der Waals surface area contributed by atoms with E-state index in [-0.39, 0.29) is 5.04 Å². The fourth-order valence-electron chi connectivity index (χ4n) is 3.66. The van der Waals surface area contributed by atoms with Crippen molar-refractivity contribution in [1.82, 2.24) is 0 Å². The topological polar surface area (TPSA) is 36.9 Å². The molecule has 0 amide bonds. The third-order valence-electron chi connectivity index (χ3n) is 4.32. The van der Waals surface area contributed by atoms with Gasteiger partial charge in [-0.15, -0.1) is 0 Å². The highest BCUT2D eigenvalue weighted by atomic mass is 28.3. The van der Waals surface area contributed by atoms with Crippen LogP contribution in [0, 0.1) is 0 Å². The van der Waals surface area contributed by atoms with Crippen molar-refractivity contribution in [1.29, 1.82) is 0 Å². The van der Waals surface area contributed by atoms with Gasteiger partial charge >= 0.3 is 0 Å². The summed E-state index contributed by atoms with van der Waals surface area (Å²) in [4.78, 5) is 0. The van der Waals surface area contributed by atoms with Crippen LogP contribution in [0.15, 0.2) is 0 Å². The zero-order chi connectivity index (χ0) is 20.8. The highest BCUT2D eigenvalue weighted by molar-refractivity contribution is 6.50. The van der Waals surface area contributed by atoms with Gasteiger partial charge in [0.15, 0.2) is 36.2 Å². The van der Waals surface area contributed by atoms with Crippen molar-refractivity contribution in [3.8, 4) is 0 Å². The molecule has 0 aromatic rings. The summed E-state index contributed by atoms with van der Waals surface area (Å²) in [6.45, 7) is 25.3. The number of hydrogen-bond donors (Lipinski definition) is 0. The molecule has 0 saturated heterocycles. The Bertz CT molecular complexity index is 389. The molecule has 0 heterocycles. The fraction of sp³-hybridized carbons (Fsp3) is 1.00. The van der Waals surface area contributed by atoms with Gasteiger partial charge in [0.2, 0.25) is 5.79 Å². The molecule has 1 atom stereocenters. The standard InChI is InChI=1S/C17H46O4Si5/c1-12-13-16(15(2,3)22,19-24(6)7)17(20-25(8)9,21-26(10)11)14-18-23(4)5/h23-26H,12-14H2,1-11,22H3. The van der Waals surface area contributed by atoms with Gasteiger partial charge in [-0.2, -0.15) is 0 Å². The van der Waals surface area contributed by atoms with Crippen LogP contribution in [0.3, 0.4) is 0 Å². The summed E-state index contributed by atoms with van der Waals surface area (Å²) in [5.74, 6) is -0.760. The highest BCUT2D eigenvalue weighted by Crippen LogP contribution is 2.52. The lowest BCUT2D eigenvalue weighted by molar-refractivity contribution is -0.264. The van der Waals surface area contributed by atoms with E-state index in [0.29, 0.717) is 6.61 Å². The van der Waals surface area contributed by atoms with Crippen molar-refractivity contribution in [2.24, 2.45) is 0 Å². The first-order valence-corrected chi connectivity index (χ1v) is 22.5. The summed E-state index contributed by atoms with van der Waals surface area (Å²) in [6, 6.07) is 0. The second-order valence-corrected chi connectivity index (χ2v) is 21.4. The maximum Gasteiger partial charge on any atom is 0.200 e. The van der Waals surface area contributed by atoms with Crippen molar-refractivity contribution in [3.05, 3.63) is 0 Å². The SMILES string of the molecule is CCCC(O[SiH](C)C)(C(C)(C)[SiH3])C(CO[SiH](C)C)(O[SiH](C)C)O[SiH](C)C. The van der Waals surface area contributed by atoms with E-state index in [4.69, 9.17) is 17.7 Å². The molecule has 0 fully saturated rings. The van der Waals surface area contributed by atoms with Crippen molar-refractivity contribution < 1.29 is 17.7 Å². The second kappa shape index (κ2) is 11.2. The van der Waals surface area contributed by atoms with Gasteiger partial charge in [0, 0.05) is 10.2 Å². The zero-order valence-electron chi connectivity index (χ0n) is 19.6. The van der Waals surface area contributed by atoms with Gasteiger partial charge in [0.1, 0.15) is 5.60 Å². The van der Waals surface area contributed by atoms with Crippen LogP contribution in [0.1, 0.15) is 33.6 Å². The minimum Gasteiger partial charge on any atom is -0.415 e. The normalized spacial score (nSPS) is 16.3. The predicted octanol–water partition coefficient (Wildman–Crippen LogP) is 2.79. The Hall–Kier alpha value is 0.924. The average Bonchev–Trinajstić information content (AvgIpc) is 2.41. The van der Waals surface area contributed by atoms with Crippen molar-refractivity contribution >= 4 is 46.4 Å². The van der Waals surface area contributed by atoms with E-state index in [0.717, 1.165) is 23.1 Å². The first kappa shape index (κ1) is 26.9. The van der Waals surface area contributed by atoms with Gasteiger partial charge in [-0.25, -0.2) is 0 Å². The van der Waals surface area contributed by atoms with Crippen LogP contribution in [0.2, 0.25) is 57.4 Å². The molecule has 9 heteroatoms. The summed E-state index contributed by atoms with van der Waals surface area (Å²) in [7, 11) is -4.26. The van der Waals surface area contributed by atoms with Gasteiger partial charge < -0.3 is 17.7 Å². The van der Waals surface area contributed by atoms with E-state index in [2.05, 4.69) is 73.1 Å². The minimum atomic E-state index is -1.38. The molecule has 0 N–H and O–H groups in total. The first-order valence-electron chi connectivity index (χ1n) is 10.4. The molecule has 0 aliphatic rings. The molecule has 0 aliphatic heterocycles. The average molecular weight is 455 g/mol. The third-order valence-corrected chi connectivity index (χ3v) is 8.54. The lowest BCUT2D eigenvalue weighted by Gasteiger charge is -2.58. The molecule has 0 aromatic carbocycles. The van der Waals surface area contributed by atoms with Crippen molar-refractivity contribution in [3.63, 3.8) is 0 Å². The number of rotatable bonds is 13. The van der Waals surface area contributed by atoms with E-state index < -0.39 is 47.5 Å². The van der Waals surface area contributed by atoms with E-state index in [1.165, 1.54) is 0 Å². The molecule has 0 saturated carbocycles. The molecule has 4 nitrogen and oxygen atoms in total. The quantitative estimate of drug-likeness (QED) is 0.317. The first-order chi connectivity index (χ1) is 11.7. The summed E-state index contributed by atoms with van der Waals surface area (Å²) in [5.41, 5.74) is -0.431. The number of hydrogen-bond acceptors (Lipinski definition) is 4. The Morgan fingerprint density at radius 2 is 1.15 bits per heavy atom. The maximum absolute atomic E-state index is 6.95. The largest absolute Gasteiger partial charge is 0.415 e. The van der Waals surface area contributed by atoms with E-state index in [1.807, 2.05) is 0 Å². The van der Waals surface area contributed by atoms with Crippen molar-refractivity contribution in [2.45, 2.75) is 102 Å². The van der Waals surface area contributed by atoms with E-state index >= 15 is 0 Å². The molecule has 0 aromatic heterocycles. The van der Waals surface area contributed by atoms with E-state index in [9.17, 15) is 0 Å². The molecular formula is C17H46O4Si5. The molecule has 1 unspecified atom stereocenters. The second-order valence-electron chi connectivity index (χ2n) is 9.44. The third kappa shape index (κ3) is 7.39. The van der Waals surface area contributed by atoms with Crippen LogP contribution in [0.5, 0.6) is 0 Å². The smallest absolute Gasteiger partial charge is 0.200 e. The Morgan fingerprint density at radius 1 is 0.731 bits per heavy atom. The van der Waals surface area contributed by atoms with Gasteiger partial charge in [0.25, 0.3) is 0 Å². The molecular weight excluding hydrogens is 409 g/mol. The van der Waals surface area contributed by atoms with Crippen LogP contribution in [-0.4, -0.2) is 64.4 Å². The highest BCUT2D eigenvalue weighted by Gasteiger charge is 2.61. The minimum absolute atomic E-state index is 0.0226. The Labute approximate surface area is 173 Å². The Balaban J connectivity index is 6.57. The van der Waals surface area contributed by atoms with E-state index in [1.54, 1.807) is 0 Å². The molecule has 158 valence electrons. The summed E-state index contributed by atoms with van der Waals surface area (Å²) < 4.78 is 26.9. The summed E-state index contributed by atoms with van der Waals surface area (Å²) >= 11 is 0.